The number of carbonyl (C=O) groups is 2. The second-order valence-corrected chi connectivity index (χ2v) is 3.41. The van der Waals surface area contributed by atoms with E-state index < -0.39 is 5.92 Å². The molecule has 1 saturated heterocycles. The van der Waals surface area contributed by atoms with Crippen molar-refractivity contribution in [2.24, 2.45) is 5.92 Å². The Morgan fingerprint density at radius 2 is 2.29 bits per heavy atom. The molecule has 14 heavy (non-hydrogen) atoms. The molecule has 0 amide bonds. The zero-order valence-corrected chi connectivity index (χ0v) is 8.78. The van der Waals surface area contributed by atoms with Gasteiger partial charge in [-0.2, -0.15) is 0 Å². The zero-order chi connectivity index (χ0) is 10.6. The first-order valence-corrected chi connectivity index (χ1v) is 5.10. The molecule has 1 aliphatic rings. The van der Waals surface area contributed by atoms with E-state index in [9.17, 15) is 9.59 Å². The van der Waals surface area contributed by atoms with Crippen LogP contribution in [-0.2, 0) is 14.3 Å². The van der Waals surface area contributed by atoms with Crippen LogP contribution in [0.4, 0.5) is 0 Å². The number of ether oxygens (including phenoxy) is 1. The molecular weight excluding hydrogens is 182 g/mol. The molecule has 0 bridgehead atoms. The Hall–Kier alpha value is -0.900. The lowest BCUT2D eigenvalue weighted by molar-refractivity contribution is -0.153. The SMILES string of the molecule is CCOC(=O)C1CN(CC)CCC1=O. The van der Waals surface area contributed by atoms with Crippen molar-refractivity contribution in [3.63, 3.8) is 0 Å². The quantitative estimate of drug-likeness (QED) is 0.489. The molecule has 80 valence electrons. The van der Waals surface area contributed by atoms with E-state index in [0.717, 1.165) is 13.1 Å². The lowest BCUT2D eigenvalue weighted by Crippen LogP contribution is -2.44. The number of Topliss-reactive ketones (excluding diaryl/α,β-unsaturated/α-hetero) is 1. The van der Waals surface area contributed by atoms with E-state index in [1.54, 1.807) is 6.92 Å². The molecule has 1 heterocycles. The summed E-state index contributed by atoms with van der Waals surface area (Å²) in [5, 5.41) is 0. The highest BCUT2D eigenvalue weighted by Gasteiger charge is 2.33. The van der Waals surface area contributed by atoms with Crippen molar-refractivity contribution >= 4 is 11.8 Å². The minimum absolute atomic E-state index is 0.0214. The number of nitrogens with zero attached hydrogens (tertiary/aromatic N) is 1. The second-order valence-electron chi connectivity index (χ2n) is 3.41. The van der Waals surface area contributed by atoms with Gasteiger partial charge in [-0.25, -0.2) is 0 Å². The highest BCUT2D eigenvalue weighted by molar-refractivity contribution is 5.99. The van der Waals surface area contributed by atoms with Gasteiger partial charge in [0.2, 0.25) is 0 Å². The Morgan fingerprint density at radius 1 is 1.57 bits per heavy atom. The molecular formula is C10H17NO3. The molecule has 0 aromatic heterocycles. The Bertz CT molecular complexity index is 227. The van der Waals surface area contributed by atoms with Gasteiger partial charge >= 0.3 is 5.97 Å². The van der Waals surface area contributed by atoms with E-state index in [-0.39, 0.29) is 11.8 Å². The van der Waals surface area contributed by atoms with E-state index in [4.69, 9.17) is 4.74 Å². The zero-order valence-electron chi connectivity index (χ0n) is 8.78. The number of carbonyl (C=O) groups excluding carboxylic acids is 2. The van der Waals surface area contributed by atoms with Crippen molar-refractivity contribution < 1.29 is 14.3 Å². The van der Waals surface area contributed by atoms with Gasteiger partial charge in [0.15, 0.2) is 0 Å². The van der Waals surface area contributed by atoms with Crippen molar-refractivity contribution in [2.75, 3.05) is 26.2 Å². The van der Waals surface area contributed by atoms with Crippen LogP contribution >= 0.6 is 0 Å². The van der Waals surface area contributed by atoms with Crippen LogP contribution in [-0.4, -0.2) is 42.9 Å². The molecule has 0 radical (unpaired) electrons. The fourth-order valence-corrected chi connectivity index (χ4v) is 1.63. The Morgan fingerprint density at radius 3 is 2.86 bits per heavy atom. The molecule has 0 saturated carbocycles. The van der Waals surface area contributed by atoms with Crippen LogP contribution in [0.1, 0.15) is 20.3 Å². The molecule has 1 aliphatic heterocycles. The lowest BCUT2D eigenvalue weighted by atomic mass is 9.97. The average molecular weight is 199 g/mol. The van der Waals surface area contributed by atoms with Crippen LogP contribution in [0.2, 0.25) is 0 Å². The molecule has 4 heteroatoms. The van der Waals surface area contributed by atoms with Crippen molar-refractivity contribution in [3.05, 3.63) is 0 Å². The molecule has 1 rings (SSSR count). The third-order valence-corrected chi connectivity index (χ3v) is 2.52. The maximum absolute atomic E-state index is 11.4. The maximum Gasteiger partial charge on any atom is 0.317 e. The van der Waals surface area contributed by atoms with Crippen molar-refractivity contribution in [3.8, 4) is 0 Å². The first kappa shape index (κ1) is 11.2. The van der Waals surface area contributed by atoms with Gasteiger partial charge in [-0.3, -0.25) is 9.59 Å². The van der Waals surface area contributed by atoms with Gasteiger partial charge in [0.1, 0.15) is 11.7 Å². The van der Waals surface area contributed by atoms with Gasteiger partial charge in [0, 0.05) is 19.5 Å². The predicted molar refractivity (Wildman–Crippen MR) is 51.9 cm³/mol. The Labute approximate surface area is 84.2 Å². The van der Waals surface area contributed by atoms with Gasteiger partial charge in [-0.15, -0.1) is 0 Å². The number of esters is 1. The Kier molecular flexibility index (Phi) is 4.07. The van der Waals surface area contributed by atoms with Crippen molar-refractivity contribution in [1.82, 2.24) is 4.90 Å². The normalized spacial score (nSPS) is 23.6. The summed E-state index contributed by atoms with van der Waals surface area (Å²) in [5.74, 6) is -0.896. The third-order valence-electron chi connectivity index (χ3n) is 2.52. The minimum Gasteiger partial charge on any atom is -0.465 e. The number of rotatable bonds is 3. The summed E-state index contributed by atoms with van der Waals surface area (Å²) in [7, 11) is 0. The van der Waals surface area contributed by atoms with E-state index >= 15 is 0 Å². The molecule has 4 nitrogen and oxygen atoms in total. The van der Waals surface area contributed by atoms with Gasteiger partial charge in [0.05, 0.1) is 6.61 Å². The smallest absolute Gasteiger partial charge is 0.317 e. The van der Waals surface area contributed by atoms with Crippen molar-refractivity contribution in [1.29, 1.82) is 0 Å². The van der Waals surface area contributed by atoms with Crippen LogP contribution in [0.25, 0.3) is 0 Å². The van der Waals surface area contributed by atoms with E-state index in [1.807, 2.05) is 6.92 Å². The van der Waals surface area contributed by atoms with Crippen LogP contribution in [0, 0.1) is 5.92 Å². The minimum atomic E-state index is -0.552. The molecule has 1 fully saturated rings. The van der Waals surface area contributed by atoms with Crippen molar-refractivity contribution in [2.45, 2.75) is 20.3 Å². The van der Waals surface area contributed by atoms with Gasteiger partial charge < -0.3 is 9.64 Å². The summed E-state index contributed by atoms with van der Waals surface area (Å²) in [6.07, 6.45) is 0.470. The first-order valence-electron chi connectivity index (χ1n) is 5.10. The fraction of sp³-hybridized carbons (Fsp3) is 0.800. The summed E-state index contributed by atoms with van der Waals surface area (Å²) in [6, 6.07) is 0. The van der Waals surface area contributed by atoms with Gasteiger partial charge in [0.25, 0.3) is 0 Å². The standard InChI is InChI=1S/C10H17NO3/c1-3-11-6-5-9(12)8(7-11)10(13)14-4-2/h8H,3-7H2,1-2H3. The largest absolute Gasteiger partial charge is 0.465 e. The number of ketones is 1. The topological polar surface area (TPSA) is 46.6 Å². The molecule has 1 atom stereocenters. The highest BCUT2D eigenvalue weighted by atomic mass is 16.5. The number of hydrogen-bond acceptors (Lipinski definition) is 4. The predicted octanol–water partition coefficient (Wildman–Crippen LogP) is 0.460. The van der Waals surface area contributed by atoms with Crippen LogP contribution in [0.3, 0.4) is 0 Å². The third kappa shape index (κ3) is 2.54. The molecule has 0 N–H and O–H groups in total. The van der Waals surface area contributed by atoms with E-state index in [1.165, 1.54) is 0 Å². The molecule has 0 aliphatic carbocycles. The second kappa shape index (κ2) is 5.10. The molecule has 0 spiro atoms. The summed E-state index contributed by atoms with van der Waals surface area (Å²) < 4.78 is 4.86. The van der Waals surface area contributed by atoms with E-state index in [2.05, 4.69) is 4.90 Å². The average Bonchev–Trinajstić information content (AvgIpc) is 2.19. The number of hydrogen-bond donors (Lipinski definition) is 0. The fourth-order valence-electron chi connectivity index (χ4n) is 1.63. The number of piperidine rings is 1. The molecule has 1 unspecified atom stereocenters. The van der Waals surface area contributed by atoms with Crippen LogP contribution < -0.4 is 0 Å². The lowest BCUT2D eigenvalue weighted by Gasteiger charge is -2.29. The summed E-state index contributed by atoms with van der Waals surface area (Å²) in [4.78, 5) is 24.9. The number of likely N-dealkylation sites (tertiary alicyclic amines) is 1. The van der Waals surface area contributed by atoms with Gasteiger partial charge in [-0.1, -0.05) is 6.92 Å². The summed E-state index contributed by atoms with van der Waals surface area (Å²) >= 11 is 0. The van der Waals surface area contributed by atoms with Crippen LogP contribution in [0.5, 0.6) is 0 Å². The maximum atomic E-state index is 11.4. The van der Waals surface area contributed by atoms with Crippen LogP contribution in [0.15, 0.2) is 0 Å². The van der Waals surface area contributed by atoms with E-state index in [0.29, 0.717) is 19.6 Å². The summed E-state index contributed by atoms with van der Waals surface area (Å²) in [6.45, 7) is 6.29. The molecule has 0 aromatic carbocycles. The first-order chi connectivity index (χ1) is 6.69. The summed E-state index contributed by atoms with van der Waals surface area (Å²) in [5.41, 5.74) is 0. The highest BCUT2D eigenvalue weighted by Crippen LogP contribution is 2.14. The molecule has 0 aromatic rings. The monoisotopic (exact) mass is 199 g/mol. The Balaban J connectivity index is 2.56. The van der Waals surface area contributed by atoms with Gasteiger partial charge in [-0.05, 0) is 13.5 Å².